The van der Waals surface area contributed by atoms with E-state index in [4.69, 9.17) is 0 Å². The topological polar surface area (TPSA) is 81.3 Å². The van der Waals surface area contributed by atoms with Crippen LogP contribution in [-0.2, 0) is 17.8 Å². The summed E-state index contributed by atoms with van der Waals surface area (Å²) in [4.78, 5) is 31.3. The minimum atomic E-state index is -0.327. The van der Waals surface area contributed by atoms with Gasteiger partial charge in [0.25, 0.3) is 5.56 Å². The van der Waals surface area contributed by atoms with Gasteiger partial charge >= 0.3 is 0 Å². The van der Waals surface area contributed by atoms with Crippen LogP contribution in [0.1, 0.15) is 22.6 Å². The lowest BCUT2D eigenvalue weighted by molar-refractivity contribution is -0.120. The zero-order valence-electron chi connectivity index (χ0n) is 19.2. The Morgan fingerprint density at radius 2 is 1.83 bits per heavy atom. The highest BCUT2D eigenvalue weighted by Gasteiger charge is 2.20. The number of nitrogens with zero attached hydrogens (tertiary/aromatic N) is 4. The Hall–Kier alpha value is -4.11. The molecule has 0 radical (unpaired) electrons. The highest BCUT2D eigenvalue weighted by atomic mass is 32.1. The number of hydrogen-bond acceptors (Lipinski definition) is 5. The van der Waals surface area contributed by atoms with Gasteiger partial charge in [-0.1, -0.05) is 30.3 Å². The Morgan fingerprint density at radius 1 is 1.09 bits per heavy atom. The Labute approximate surface area is 204 Å². The first-order valence-electron chi connectivity index (χ1n) is 11.0. The first-order chi connectivity index (χ1) is 16.9. The van der Waals surface area contributed by atoms with Crippen molar-refractivity contribution in [2.75, 3.05) is 0 Å². The average molecular weight is 488 g/mol. The number of rotatable bonds is 6. The van der Waals surface area contributed by atoms with Crippen LogP contribution in [0.15, 0.2) is 70.8 Å². The van der Waals surface area contributed by atoms with Gasteiger partial charge in [0.1, 0.15) is 11.5 Å². The van der Waals surface area contributed by atoms with Crippen molar-refractivity contribution in [3.63, 3.8) is 0 Å². The number of fused-ring (bicyclic) bond motifs is 1. The van der Waals surface area contributed by atoms with Crippen molar-refractivity contribution in [3.05, 3.63) is 105 Å². The third-order valence-corrected chi connectivity index (χ3v) is 6.58. The minimum absolute atomic E-state index is 0.0166. The molecule has 3 aromatic heterocycles. The number of amides is 1. The maximum atomic E-state index is 13.6. The second-order valence-electron chi connectivity index (χ2n) is 8.22. The molecule has 35 heavy (non-hydrogen) atoms. The van der Waals surface area contributed by atoms with Crippen LogP contribution < -0.4 is 10.9 Å². The van der Waals surface area contributed by atoms with Crippen molar-refractivity contribution in [1.29, 1.82) is 0 Å². The van der Waals surface area contributed by atoms with E-state index in [1.807, 2.05) is 43.3 Å². The molecule has 1 N–H and O–H groups in total. The second kappa shape index (κ2) is 9.27. The third kappa shape index (κ3) is 4.50. The van der Waals surface area contributed by atoms with E-state index in [0.717, 1.165) is 16.9 Å². The Balaban J connectivity index is 1.45. The molecule has 9 heteroatoms. The Bertz CT molecular complexity index is 1590. The summed E-state index contributed by atoms with van der Waals surface area (Å²) in [5.41, 5.74) is 4.41. The van der Waals surface area contributed by atoms with Gasteiger partial charge in [0.2, 0.25) is 5.91 Å². The van der Waals surface area contributed by atoms with Crippen molar-refractivity contribution in [3.8, 4) is 16.9 Å². The molecule has 5 aromatic rings. The van der Waals surface area contributed by atoms with E-state index >= 15 is 0 Å². The van der Waals surface area contributed by atoms with E-state index in [1.54, 1.807) is 29.1 Å². The van der Waals surface area contributed by atoms with Gasteiger partial charge in [0.15, 0.2) is 4.96 Å². The zero-order chi connectivity index (χ0) is 24.5. The molecule has 0 saturated carbocycles. The Kier molecular flexibility index (Phi) is 6.00. The smallest absolute Gasteiger partial charge is 0.268 e. The monoisotopic (exact) mass is 487 g/mol. The van der Waals surface area contributed by atoms with Gasteiger partial charge in [-0.3, -0.25) is 14.0 Å². The predicted octanol–water partition coefficient (Wildman–Crippen LogP) is 4.22. The van der Waals surface area contributed by atoms with Gasteiger partial charge in [0.05, 0.1) is 23.4 Å². The SMILES string of the molecule is Cc1nc2scc(CC(=O)NCc3ccc(F)cc3)n2c(=O)c1-c1cc(C)n(-c2ccccc2)n1. The fourth-order valence-corrected chi connectivity index (χ4v) is 4.91. The molecule has 0 atom stereocenters. The molecule has 0 bridgehead atoms. The summed E-state index contributed by atoms with van der Waals surface area (Å²) in [5, 5.41) is 9.28. The van der Waals surface area contributed by atoms with Gasteiger partial charge in [-0.05, 0) is 49.7 Å². The lowest BCUT2D eigenvalue weighted by Crippen LogP contribution is -2.27. The lowest BCUT2D eigenvalue weighted by Gasteiger charge is -2.07. The van der Waals surface area contributed by atoms with Gasteiger partial charge in [-0.15, -0.1) is 11.3 Å². The second-order valence-corrected chi connectivity index (χ2v) is 9.06. The molecule has 2 aromatic carbocycles. The quantitative estimate of drug-likeness (QED) is 0.389. The molecule has 0 aliphatic carbocycles. The number of hydrogen-bond donors (Lipinski definition) is 1. The molecule has 0 fully saturated rings. The van der Waals surface area contributed by atoms with E-state index in [9.17, 15) is 14.0 Å². The average Bonchev–Trinajstić information content (AvgIpc) is 3.42. The molecule has 0 spiro atoms. The van der Waals surface area contributed by atoms with Gasteiger partial charge in [-0.25, -0.2) is 14.1 Å². The third-order valence-electron chi connectivity index (χ3n) is 5.71. The highest BCUT2D eigenvalue weighted by Crippen LogP contribution is 2.23. The predicted molar refractivity (Wildman–Crippen MR) is 133 cm³/mol. The van der Waals surface area contributed by atoms with Crippen LogP contribution in [0.3, 0.4) is 0 Å². The van der Waals surface area contributed by atoms with Crippen LogP contribution in [0, 0.1) is 19.7 Å². The first-order valence-corrected chi connectivity index (χ1v) is 11.9. The minimum Gasteiger partial charge on any atom is -0.352 e. The lowest BCUT2D eigenvalue weighted by atomic mass is 10.1. The van der Waals surface area contributed by atoms with Gasteiger partial charge in [-0.2, -0.15) is 5.10 Å². The number of carbonyl (C=O) groups is 1. The molecule has 0 saturated heterocycles. The molecule has 0 unspecified atom stereocenters. The van der Waals surface area contributed by atoms with Crippen molar-refractivity contribution in [1.82, 2.24) is 24.5 Å². The number of aromatic nitrogens is 4. The molecule has 5 rings (SSSR count). The normalized spacial score (nSPS) is 11.2. The summed E-state index contributed by atoms with van der Waals surface area (Å²) in [7, 11) is 0. The largest absolute Gasteiger partial charge is 0.352 e. The van der Waals surface area contributed by atoms with Crippen molar-refractivity contribution in [2.24, 2.45) is 0 Å². The molecular formula is C26H22FN5O2S. The maximum absolute atomic E-state index is 13.6. The number of aryl methyl sites for hydroxylation is 2. The van der Waals surface area contributed by atoms with Crippen LogP contribution >= 0.6 is 11.3 Å². The summed E-state index contributed by atoms with van der Waals surface area (Å²) in [6.07, 6.45) is 0.0166. The number of nitrogens with one attached hydrogen (secondary N) is 1. The summed E-state index contributed by atoms with van der Waals surface area (Å²) in [6, 6.07) is 17.5. The van der Waals surface area contributed by atoms with Crippen LogP contribution in [0.4, 0.5) is 4.39 Å². The molecule has 3 heterocycles. The molecule has 0 aliphatic heterocycles. The molecule has 0 aliphatic rings. The standard InChI is InChI=1S/C26H22FN5O2S/c1-16-12-22(30-32(16)20-6-4-3-5-7-20)24-17(2)29-26-31(25(24)34)21(15-35-26)13-23(33)28-14-18-8-10-19(27)11-9-18/h3-12,15H,13-14H2,1-2H3,(H,28,33). The summed E-state index contributed by atoms with van der Waals surface area (Å²) >= 11 is 1.31. The summed E-state index contributed by atoms with van der Waals surface area (Å²) in [5.74, 6) is -0.571. The summed E-state index contributed by atoms with van der Waals surface area (Å²) in [6.45, 7) is 4.00. The number of benzene rings is 2. The number of halogens is 1. The van der Waals surface area contributed by atoms with Gasteiger partial charge in [0, 0.05) is 23.3 Å². The molecular weight excluding hydrogens is 465 g/mol. The fraction of sp³-hybridized carbons (Fsp3) is 0.154. The number of para-hydroxylation sites is 1. The molecule has 7 nitrogen and oxygen atoms in total. The van der Waals surface area contributed by atoms with Gasteiger partial charge < -0.3 is 5.32 Å². The number of carbonyl (C=O) groups excluding carboxylic acids is 1. The van der Waals surface area contributed by atoms with Crippen LogP contribution in [0.5, 0.6) is 0 Å². The van der Waals surface area contributed by atoms with Crippen molar-refractivity contribution >= 4 is 22.2 Å². The molecule has 1 amide bonds. The highest BCUT2D eigenvalue weighted by molar-refractivity contribution is 7.15. The van der Waals surface area contributed by atoms with E-state index < -0.39 is 0 Å². The first kappa shape index (κ1) is 22.7. The van der Waals surface area contributed by atoms with Crippen molar-refractivity contribution < 1.29 is 9.18 Å². The van der Waals surface area contributed by atoms with E-state index in [1.165, 1.54) is 27.9 Å². The van der Waals surface area contributed by atoms with E-state index in [-0.39, 0.29) is 30.2 Å². The van der Waals surface area contributed by atoms with Crippen LogP contribution in [0.25, 0.3) is 21.9 Å². The van der Waals surface area contributed by atoms with Crippen molar-refractivity contribution in [2.45, 2.75) is 26.8 Å². The fourth-order valence-electron chi connectivity index (χ4n) is 3.98. The van der Waals surface area contributed by atoms with E-state index in [0.29, 0.717) is 27.6 Å². The van der Waals surface area contributed by atoms with Crippen LogP contribution in [0.2, 0.25) is 0 Å². The van der Waals surface area contributed by atoms with Crippen LogP contribution in [-0.4, -0.2) is 25.1 Å². The Morgan fingerprint density at radius 3 is 2.57 bits per heavy atom. The summed E-state index contributed by atoms with van der Waals surface area (Å²) < 4.78 is 16.4. The zero-order valence-corrected chi connectivity index (χ0v) is 20.0. The van der Waals surface area contributed by atoms with E-state index in [2.05, 4.69) is 15.4 Å². The maximum Gasteiger partial charge on any atom is 0.268 e. The number of thiazole rings is 1. The molecule has 176 valence electrons.